The fraction of sp³-hybridized carbons (Fsp3) is 0.182. The van der Waals surface area contributed by atoms with Crippen LogP contribution in [0.3, 0.4) is 0 Å². The number of hydrogen-bond acceptors (Lipinski definition) is 5. The van der Waals surface area contributed by atoms with Crippen molar-refractivity contribution in [2.45, 2.75) is 6.04 Å². The molecule has 2 rings (SSSR count). The Labute approximate surface area is 97.2 Å². The number of hydrogen-bond donors (Lipinski definition) is 3. The lowest BCUT2D eigenvalue weighted by atomic mass is 10.1. The molecule has 4 nitrogen and oxygen atoms in total. The van der Waals surface area contributed by atoms with Crippen LogP contribution in [0.2, 0.25) is 0 Å². The summed E-state index contributed by atoms with van der Waals surface area (Å²) in [5.41, 5.74) is 0.986. The van der Waals surface area contributed by atoms with Crippen LogP contribution in [0.4, 0.5) is 5.13 Å². The van der Waals surface area contributed by atoms with Gasteiger partial charge in [-0.1, -0.05) is 30.3 Å². The Morgan fingerprint density at radius 2 is 2.06 bits per heavy atom. The molecule has 0 spiro atoms. The number of aliphatic hydroxyl groups excluding tert-OH is 1. The van der Waals surface area contributed by atoms with E-state index in [1.807, 2.05) is 30.3 Å². The summed E-state index contributed by atoms with van der Waals surface area (Å²) in [4.78, 5) is 3.88. The topological polar surface area (TPSA) is 65.4 Å². The van der Waals surface area contributed by atoms with Gasteiger partial charge in [0.25, 0.3) is 0 Å². The Kier molecular flexibility index (Phi) is 3.38. The van der Waals surface area contributed by atoms with Crippen LogP contribution in [0.15, 0.2) is 35.7 Å². The molecule has 0 unspecified atom stereocenters. The van der Waals surface area contributed by atoms with Gasteiger partial charge in [0.05, 0.1) is 18.0 Å². The van der Waals surface area contributed by atoms with E-state index in [9.17, 15) is 5.11 Å². The minimum absolute atomic E-state index is 0.00254. The number of nitrogens with zero attached hydrogens (tertiary/aromatic N) is 1. The summed E-state index contributed by atoms with van der Waals surface area (Å²) < 4.78 is 0. The summed E-state index contributed by atoms with van der Waals surface area (Å²) in [6.07, 6.45) is 0. The van der Waals surface area contributed by atoms with Crippen molar-refractivity contribution >= 4 is 16.5 Å². The average molecular weight is 236 g/mol. The molecule has 5 heteroatoms. The molecule has 1 aromatic carbocycles. The monoisotopic (exact) mass is 236 g/mol. The van der Waals surface area contributed by atoms with E-state index < -0.39 is 0 Å². The van der Waals surface area contributed by atoms with Crippen molar-refractivity contribution in [3.63, 3.8) is 0 Å². The zero-order valence-corrected chi connectivity index (χ0v) is 9.31. The number of benzene rings is 1. The molecule has 84 valence electrons. The van der Waals surface area contributed by atoms with Crippen molar-refractivity contribution in [2.75, 3.05) is 11.9 Å². The van der Waals surface area contributed by atoms with Crippen LogP contribution in [0, 0.1) is 0 Å². The highest BCUT2D eigenvalue weighted by atomic mass is 32.1. The molecule has 1 aromatic heterocycles. The number of aromatic hydroxyl groups is 1. The minimum Gasteiger partial charge on any atom is -0.493 e. The number of thiazole rings is 1. The van der Waals surface area contributed by atoms with Crippen molar-refractivity contribution in [3.8, 4) is 5.88 Å². The quantitative estimate of drug-likeness (QED) is 0.759. The Morgan fingerprint density at radius 1 is 1.31 bits per heavy atom. The molecule has 0 amide bonds. The third kappa shape index (κ3) is 2.50. The van der Waals surface area contributed by atoms with E-state index in [2.05, 4.69) is 10.3 Å². The first-order chi connectivity index (χ1) is 7.79. The van der Waals surface area contributed by atoms with Crippen LogP contribution in [0.1, 0.15) is 11.6 Å². The Morgan fingerprint density at radius 3 is 2.62 bits per heavy atom. The third-order valence-corrected chi connectivity index (χ3v) is 2.94. The summed E-state index contributed by atoms with van der Waals surface area (Å²) >= 11 is 1.30. The SMILES string of the molecule is OC[C@H](Nc1nc(O)cs1)c1ccccc1. The van der Waals surface area contributed by atoms with Crippen LogP contribution >= 0.6 is 11.3 Å². The van der Waals surface area contributed by atoms with Crippen LogP contribution in [-0.2, 0) is 0 Å². The minimum atomic E-state index is -0.202. The van der Waals surface area contributed by atoms with Gasteiger partial charge in [-0.2, -0.15) is 4.98 Å². The van der Waals surface area contributed by atoms with Crippen LogP contribution in [-0.4, -0.2) is 21.8 Å². The molecule has 0 aliphatic rings. The molecule has 0 saturated carbocycles. The summed E-state index contributed by atoms with van der Waals surface area (Å²) in [5.74, 6) is -0.00254. The molecule has 0 saturated heterocycles. The lowest BCUT2D eigenvalue weighted by Crippen LogP contribution is -2.14. The molecule has 0 fully saturated rings. The van der Waals surface area contributed by atoms with Gasteiger partial charge >= 0.3 is 0 Å². The smallest absolute Gasteiger partial charge is 0.223 e. The summed E-state index contributed by atoms with van der Waals surface area (Å²) in [7, 11) is 0. The van der Waals surface area contributed by atoms with Gasteiger partial charge in [0.15, 0.2) is 5.13 Å². The number of aromatic nitrogens is 1. The number of rotatable bonds is 4. The first-order valence-corrected chi connectivity index (χ1v) is 5.74. The Bertz CT molecular complexity index is 444. The summed E-state index contributed by atoms with van der Waals surface area (Å²) in [6, 6.07) is 9.42. The maximum Gasteiger partial charge on any atom is 0.223 e. The fourth-order valence-electron chi connectivity index (χ4n) is 1.40. The molecule has 0 bridgehead atoms. The Hall–Kier alpha value is -1.59. The van der Waals surface area contributed by atoms with E-state index >= 15 is 0 Å². The van der Waals surface area contributed by atoms with E-state index in [4.69, 9.17) is 5.11 Å². The van der Waals surface area contributed by atoms with Gasteiger partial charge in [-0.25, -0.2) is 0 Å². The van der Waals surface area contributed by atoms with Gasteiger partial charge in [-0.3, -0.25) is 0 Å². The average Bonchev–Trinajstić information content (AvgIpc) is 2.73. The molecule has 0 radical (unpaired) electrons. The maximum atomic E-state index is 9.30. The van der Waals surface area contributed by atoms with Gasteiger partial charge in [0.2, 0.25) is 5.88 Å². The molecule has 1 heterocycles. The third-order valence-electron chi connectivity index (χ3n) is 2.17. The van der Waals surface area contributed by atoms with E-state index in [-0.39, 0.29) is 18.5 Å². The van der Waals surface area contributed by atoms with E-state index in [0.717, 1.165) is 5.56 Å². The van der Waals surface area contributed by atoms with Crippen LogP contribution in [0.5, 0.6) is 5.88 Å². The van der Waals surface area contributed by atoms with Gasteiger partial charge in [0, 0.05) is 0 Å². The highest BCUT2D eigenvalue weighted by Gasteiger charge is 2.11. The van der Waals surface area contributed by atoms with E-state index in [1.54, 1.807) is 5.38 Å². The largest absolute Gasteiger partial charge is 0.493 e. The highest BCUT2D eigenvalue weighted by molar-refractivity contribution is 7.13. The van der Waals surface area contributed by atoms with Gasteiger partial charge in [0.1, 0.15) is 0 Å². The van der Waals surface area contributed by atoms with E-state index in [0.29, 0.717) is 5.13 Å². The number of aliphatic hydroxyl groups is 1. The second-order valence-electron chi connectivity index (χ2n) is 3.30. The predicted molar refractivity (Wildman–Crippen MR) is 63.7 cm³/mol. The predicted octanol–water partition coefficient (Wildman–Crippen LogP) is 1.99. The summed E-state index contributed by atoms with van der Waals surface area (Å²) in [6.45, 7) is -0.0235. The molecule has 0 aliphatic heterocycles. The number of anilines is 1. The second-order valence-corrected chi connectivity index (χ2v) is 4.16. The second kappa shape index (κ2) is 4.96. The zero-order valence-electron chi connectivity index (χ0n) is 8.50. The highest BCUT2D eigenvalue weighted by Crippen LogP contribution is 2.24. The van der Waals surface area contributed by atoms with Gasteiger partial charge < -0.3 is 15.5 Å². The van der Waals surface area contributed by atoms with Crippen molar-refractivity contribution in [1.29, 1.82) is 0 Å². The van der Waals surface area contributed by atoms with Crippen LogP contribution in [0.25, 0.3) is 0 Å². The molecule has 0 aliphatic carbocycles. The lowest BCUT2D eigenvalue weighted by molar-refractivity contribution is 0.276. The van der Waals surface area contributed by atoms with Gasteiger partial charge in [-0.15, -0.1) is 11.3 Å². The molecule has 3 N–H and O–H groups in total. The van der Waals surface area contributed by atoms with Crippen LogP contribution < -0.4 is 5.32 Å². The summed E-state index contributed by atoms with van der Waals surface area (Å²) in [5, 5.41) is 23.6. The first-order valence-electron chi connectivity index (χ1n) is 4.86. The van der Waals surface area contributed by atoms with Crippen molar-refractivity contribution in [1.82, 2.24) is 4.98 Å². The van der Waals surface area contributed by atoms with Crippen molar-refractivity contribution in [2.24, 2.45) is 0 Å². The first kappa shape index (κ1) is 10.9. The fourth-order valence-corrected chi connectivity index (χ4v) is 2.03. The normalized spacial score (nSPS) is 12.3. The lowest BCUT2D eigenvalue weighted by Gasteiger charge is -2.15. The van der Waals surface area contributed by atoms with Crippen molar-refractivity contribution < 1.29 is 10.2 Å². The standard InChI is InChI=1S/C11H12N2O2S/c14-6-9(8-4-2-1-3-5-8)12-11-13-10(15)7-16-11/h1-5,7,9,14-15H,6H2,(H,12,13)/t9-/m0/s1. The molecular weight excluding hydrogens is 224 g/mol. The zero-order chi connectivity index (χ0) is 11.4. The van der Waals surface area contributed by atoms with E-state index in [1.165, 1.54) is 11.3 Å². The van der Waals surface area contributed by atoms with Gasteiger partial charge in [-0.05, 0) is 5.56 Å². The molecule has 16 heavy (non-hydrogen) atoms. The Balaban J connectivity index is 2.12. The molecular formula is C11H12N2O2S. The molecule has 2 aromatic rings. The number of nitrogens with one attached hydrogen (secondary N) is 1. The molecule has 1 atom stereocenters. The van der Waals surface area contributed by atoms with Crippen molar-refractivity contribution in [3.05, 3.63) is 41.3 Å². The maximum absolute atomic E-state index is 9.30.